The Hall–Kier alpha value is -2.82. The number of allylic oxidation sites excluding steroid dienone is 1. The highest BCUT2D eigenvalue weighted by Crippen LogP contribution is 2.45. The lowest BCUT2D eigenvalue weighted by Crippen LogP contribution is -2.41. The number of methoxy groups -OCH3 is 1. The van der Waals surface area contributed by atoms with Gasteiger partial charge in [0.25, 0.3) is 0 Å². The molecule has 1 aromatic carbocycles. The van der Waals surface area contributed by atoms with Crippen LogP contribution < -0.4 is 10.2 Å². The lowest BCUT2D eigenvalue weighted by molar-refractivity contribution is -0.122. The van der Waals surface area contributed by atoms with Crippen LogP contribution >= 0.6 is 0 Å². The van der Waals surface area contributed by atoms with Crippen molar-refractivity contribution >= 4 is 11.5 Å². The molecule has 1 aliphatic carbocycles. The van der Waals surface area contributed by atoms with Crippen molar-refractivity contribution in [3.63, 3.8) is 0 Å². The van der Waals surface area contributed by atoms with E-state index in [1.165, 1.54) is 6.07 Å². The van der Waals surface area contributed by atoms with Crippen LogP contribution in [0.1, 0.15) is 51.4 Å². The molecule has 1 aromatic heterocycles. The first-order valence-electron chi connectivity index (χ1n) is 9.24. The molecule has 27 heavy (non-hydrogen) atoms. The monoisotopic (exact) mass is 368 g/mol. The molecule has 1 heterocycles. The third-order valence-electron chi connectivity index (χ3n) is 5.55. The molecule has 1 N–H and O–H groups in total. The second-order valence-electron chi connectivity index (χ2n) is 6.68. The largest absolute Gasteiger partial charge is 0.507 e. The number of aliphatic hydroxyl groups is 1. The molecule has 0 radical (unpaired) electrons. The highest BCUT2D eigenvalue weighted by atomic mass is 16.5. The first-order valence-corrected chi connectivity index (χ1v) is 9.24. The summed E-state index contributed by atoms with van der Waals surface area (Å²) in [6.07, 6.45) is 1.31. The Morgan fingerprint density at radius 2 is 1.78 bits per heavy atom. The Balaban J connectivity index is 2.39. The summed E-state index contributed by atoms with van der Waals surface area (Å²) in [5.74, 6) is 0.717. The highest BCUT2D eigenvalue weighted by molar-refractivity contribution is 6.10. The molecule has 0 amide bonds. The summed E-state index contributed by atoms with van der Waals surface area (Å²) in [5, 5.41) is 10.6. The van der Waals surface area contributed by atoms with E-state index in [2.05, 4.69) is 0 Å². The first-order chi connectivity index (χ1) is 12.9. The fourth-order valence-electron chi connectivity index (χ4n) is 3.91. The number of benzene rings is 1. The van der Waals surface area contributed by atoms with Crippen molar-refractivity contribution in [1.82, 2.24) is 0 Å². The average Bonchev–Trinajstić information content (AvgIpc) is 2.69. The van der Waals surface area contributed by atoms with E-state index in [4.69, 9.17) is 9.15 Å². The molecule has 3 rings (SSSR count). The van der Waals surface area contributed by atoms with Gasteiger partial charge in [0.2, 0.25) is 0 Å². The number of ketones is 1. The number of aliphatic hydroxyl groups excluding tert-OH is 1. The number of carbonyl (C=O) groups is 1. The van der Waals surface area contributed by atoms with Gasteiger partial charge in [0.1, 0.15) is 28.6 Å². The summed E-state index contributed by atoms with van der Waals surface area (Å²) in [6.45, 7) is 5.60. The van der Waals surface area contributed by atoms with E-state index in [9.17, 15) is 14.7 Å². The molecule has 0 atom stereocenters. The van der Waals surface area contributed by atoms with Crippen molar-refractivity contribution in [3.8, 4) is 17.1 Å². The Kier molecular flexibility index (Phi) is 4.96. The normalized spacial score (nSPS) is 15.6. The van der Waals surface area contributed by atoms with E-state index in [1.807, 2.05) is 26.0 Å². The predicted octanol–water partition coefficient (Wildman–Crippen LogP) is 4.64. The summed E-state index contributed by atoms with van der Waals surface area (Å²) in [5.41, 5.74) is -0.292. The molecule has 0 fully saturated rings. The van der Waals surface area contributed by atoms with Crippen LogP contribution in [0.15, 0.2) is 45.1 Å². The summed E-state index contributed by atoms with van der Waals surface area (Å²) >= 11 is 0. The van der Waals surface area contributed by atoms with Gasteiger partial charge in [0.15, 0.2) is 11.2 Å². The second-order valence-corrected chi connectivity index (χ2v) is 6.68. The molecule has 0 saturated heterocycles. The lowest BCUT2D eigenvalue weighted by Gasteiger charge is -2.35. The summed E-state index contributed by atoms with van der Waals surface area (Å²) in [6, 6.07) is 8.57. The zero-order valence-electron chi connectivity index (χ0n) is 16.1. The highest BCUT2D eigenvalue weighted by Gasteiger charge is 2.48. The fourth-order valence-corrected chi connectivity index (χ4v) is 3.91. The minimum atomic E-state index is -0.954. The molecule has 0 unspecified atom stereocenters. The van der Waals surface area contributed by atoms with Gasteiger partial charge in [-0.1, -0.05) is 32.9 Å². The predicted molar refractivity (Wildman–Crippen MR) is 104 cm³/mol. The van der Waals surface area contributed by atoms with E-state index in [1.54, 1.807) is 26.2 Å². The second kappa shape index (κ2) is 7.06. The fraction of sp³-hybridized carbons (Fsp3) is 0.364. The Morgan fingerprint density at radius 1 is 1.11 bits per heavy atom. The van der Waals surface area contributed by atoms with Gasteiger partial charge in [-0.25, -0.2) is 0 Å². The number of Topliss-reactive ketones (excluding diaryl/α,β-unsaturated/α-hetero) is 1. The molecule has 1 aliphatic rings. The third-order valence-corrected chi connectivity index (χ3v) is 5.55. The zero-order valence-corrected chi connectivity index (χ0v) is 16.1. The first kappa shape index (κ1) is 19.0. The van der Waals surface area contributed by atoms with Gasteiger partial charge in [0.05, 0.1) is 18.1 Å². The van der Waals surface area contributed by atoms with Gasteiger partial charge >= 0.3 is 0 Å². The number of fused-ring (bicyclic) bond motifs is 1. The van der Waals surface area contributed by atoms with Crippen molar-refractivity contribution < 1.29 is 19.1 Å². The minimum Gasteiger partial charge on any atom is -0.507 e. The van der Waals surface area contributed by atoms with E-state index in [0.717, 1.165) is 0 Å². The molecule has 5 heteroatoms. The van der Waals surface area contributed by atoms with Gasteiger partial charge in [-0.3, -0.25) is 9.59 Å². The molecule has 0 spiro atoms. The topological polar surface area (TPSA) is 76.7 Å². The number of rotatable bonds is 5. The van der Waals surface area contributed by atoms with E-state index < -0.39 is 5.41 Å². The van der Waals surface area contributed by atoms with Gasteiger partial charge in [-0.15, -0.1) is 0 Å². The summed E-state index contributed by atoms with van der Waals surface area (Å²) < 4.78 is 11.5. The Morgan fingerprint density at radius 3 is 2.37 bits per heavy atom. The quantitative estimate of drug-likeness (QED) is 0.832. The standard InChI is InChI=1S/C22H24O5/c1-5-13-19(24)18-15(23)12-17(14-10-8-9-11-16(14)26-4)27-21(18)22(6-2,7-3)20(13)25/h8-12,24H,5-7H2,1-4H3. The van der Waals surface area contributed by atoms with Crippen LogP contribution in [-0.4, -0.2) is 18.0 Å². The van der Waals surface area contributed by atoms with Crippen molar-refractivity contribution in [3.05, 3.63) is 57.5 Å². The van der Waals surface area contributed by atoms with Gasteiger partial charge in [-0.2, -0.15) is 0 Å². The van der Waals surface area contributed by atoms with Crippen LogP contribution in [0.2, 0.25) is 0 Å². The van der Waals surface area contributed by atoms with Gasteiger partial charge in [-0.05, 0) is 31.4 Å². The average molecular weight is 368 g/mol. The van der Waals surface area contributed by atoms with Crippen LogP contribution in [0, 0.1) is 0 Å². The molecule has 0 bridgehead atoms. The number of ether oxygens (including phenoxy) is 1. The molecular weight excluding hydrogens is 344 g/mol. The maximum atomic E-state index is 13.2. The molecule has 2 aromatic rings. The third kappa shape index (κ3) is 2.69. The number of para-hydroxylation sites is 1. The number of carbonyl (C=O) groups excluding carboxylic acids is 1. The van der Waals surface area contributed by atoms with Crippen LogP contribution in [0.4, 0.5) is 0 Å². The number of hydrogen-bond donors (Lipinski definition) is 1. The van der Waals surface area contributed by atoms with Crippen LogP contribution in [0.5, 0.6) is 5.75 Å². The Labute approximate surface area is 158 Å². The minimum absolute atomic E-state index is 0.105. The van der Waals surface area contributed by atoms with Gasteiger partial charge in [0, 0.05) is 11.6 Å². The van der Waals surface area contributed by atoms with Crippen LogP contribution in [0.25, 0.3) is 17.1 Å². The number of hydrogen-bond acceptors (Lipinski definition) is 5. The van der Waals surface area contributed by atoms with Crippen LogP contribution in [0.3, 0.4) is 0 Å². The summed E-state index contributed by atoms with van der Waals surface area (Å²) in [7, 11) is 1.54. The van der Waals surface area contributed by atoms with Crippen molar-refractivity contribution in [2.24, 2.45) is 0 Å². The molecular formula is C22H24O5. The zero-order chi connectivity index (χ0) is 19.8. The van der Waals surface area contributed by atoms with Crippen molar-refractivity contribution in [2.75, 3.05) is 7.11 Å². The summed E-state index contributed by atoms with van der Waals surface area (Å²) in [4.78, 5) is 26.1. The van der Waals surface area contributed by atoms with Crippen molar-refractivity contribution in [1.29, 1.82) is 0 Å². The SMILES string of the molecule is CCC1=C(O)c2c(oc(-c3ccccc3OC)cc2=O)C(CC)(CC)C1=O. The van der Waals surface area contributed by atoms with Crippen LogP contribution in [-0.2, 0) is 10.2 Å². The lowest BCUT2D eigenvalue weighted by atomic mass is 9.68. The smallest absolute Gasteiger partial charge is 0.196 e. The maximum Gasteiger partial charge on any atom is 0.196 e. The molecule has 0 aliphatic heterocycles. The van der Waals surface area contributed by atoms with E-state index in [-0.39, 0.29) is 28.3 Å². The van der Waals surface area contributed by atoms with Crippen molar-refractivity contribution in [2.45, 2.75) is 45.4 Å². The Bertz CT molecular complexity index is 976. The molecule has 5 nitrogen and oxygen atoms in total. The van der Waals surface area contributed by atoms with E-state index in [0.29, 0.717) is 41.9 Å². The van der Waals surface area contributed by atoms with E-state index >= 15 is 0 Å². The molecule has 0 saturated carbocycles. The maximum absolute atomic E-state index is 13.2. The van der Waals surface area contributed by atoms with Gasteiger partial charge < -0.3 is 14.3 Å². The molecule has 142 valence electrons.